The molecule has 2 saturated carbocycles. The van der Waals surface area contributed by atoms with Crippen molar-refractivity contribution >= 4 is 29.1 Å². The van der Waals surface area contributed by atoms with Crippen LogP contribution in [0.3, 0.4) is 0 Å². The number of carbonyl (C=O) groups excluding carboxylic acids is 1. The first-order valence-corrected chi connectivity index (χ1v) is 8.43. The van der Waals surface area contributed by atoms with E-state index in [0.717, 1.165) is 12.5 Å². The molecule has 1 aromatic rings. The number of hydrogen-bond donors (Lipinski definition) is 1. The van der Waals surface area contributed by atoms with E-state index < -0.39 is 0 Å². The Labute approximate surface area is 135 Å². The zero-order valence-electron chi connectivity index (χ0n) is 12.0. The molecule has 1 amide bonds. The molecule has 0 aliphatic heterocycles. The number of amides is 1. The highest BCUT2D eigenvalue weighted by Crippen LogP contribution is 2.48. The molecule has 3 rings (SSSR count). The van der Waals surface area contributed by atoms with E-state index in [-0.39, 0.29) is 16.1 Å². The van der Waals surface area contributed by atoms with Gasteiger partial charge in [0.05, 0.1) is 10.6 Å². The molecule has 0 aromatic carbocycles. The lowest BCUT2D eigenvalue weighted by Crippen LogP contribution is -2.43. The van der Waals surface area contributed by atoms with Crippen LogP contribution < -0.4 is 5.32 Å². The van der Waals surface area contributed by atoms with Gasteiger partial charge in [0.15, 0.2) is 0 Å². The summed E-state index contributed by atoms with van der Waals surface area (Å²) in [7, 11) is 0. The molecule has 2 aliphatic rings. The standard InChI is InChI=1S/C16H20Cl2N2O/c17-13-12(5-8-19-14(13)18)15(21)20-10-16-6-1-3-11(9-16)4-2-7-16/h5,8,11H,1-4,6-7,9-10H2,(H,20,21). The second-order valence-corrected chi connectivity index (χ2v) is 7.24. The molecular formula is C16H20Cl2N2O. The van der Waals surface area contributed by atoms with Crippen molar-refractivity contribution in [2.75, 3.05) is 6.54 Å². The molecule has 3 nitrogen and oxygen atoms in total. The minimum atomic E-state index is -0.147. The third-order valence-corrected chi connectivity index (χ3v) is 5.84. The highest BCUT2D eigenvalue weighted by atomic mass is 35.5. The van der Waals surface area contributed by atoms with E-state index in [1.165, 1.54) is 51.1 Å². The molecule has 1 aromatic heterocycles. The molecule has 1 N–H and O–H groups in total. The molecule has 0 radical (unpaired) electrons. The van der Waals surface area contributed by atoms with Crippen LogP contribution in [0, 0.1) is 11.3 Å². The van der Waals surface area contributed by atoms with Gasteiger partial charge in [0.25, 0.3) is 5.91 Å². The minimum absolute atomic E-state index is 0.147. The smallest absolute Gasteiger partial charge is 0.252 e. The van der Waals surface area contributed by atoms with Gasteiger partial charge in [-0.25, -0.2) is 4.98 Å². The van der Waals surface area contributed by atoms with Gasteiger partial charge in [0.1, 0.15) is 5.15 Å². The zero-order chi connectivity index (χ0) is 14.9. The fourth-order valence-electron chi connectivity index (χ4n) is 4.03. The number of rotatable bonds is 3. The second-order valence-electron chi connectivity index (χ2n) is 6.50. The summed E-state index contributed by atoms with van der Waals surface area (Å²) in [5.74, 6) is 0.717. The van der Waals surface area contributed by atoms with E-state index in [4.69, 9.17) is 23.2 Å². The van der Waals surface area contributed by atoms with Gasteiger partial charge in [-0.3, -0.25) is 4.79 Å². The molecule has 0 saturated heterocycles. The number of nitrogens with zero attached hydrogens (tertiary/aromatic N) is 1. The summed E-state index contributed by atoms with van der Waals surface area (Å²) in [4.78, 5) is 16.2. The average Bonchev–Trinajstić information content (AvgIpc) is 2.48. The first-order valence-electron chi connectivity index (χ1n) is 7.68. The Balaban J connectivity index is 1.67. The molecule has 2 bridgehead atoms. The van der Waals surface area contributed by atoms with Crippen molar-refractivity contribution in [1.82, 2.24) is 10.3 Å². The van der Waals surface area contributed by atoms with Gasteiger partial charge in [0.2, 0.25) is 0 Å². The SMILES string of the molecule is O=C(NCC12CCCC(CCC1)C2)c1ccnc(Cl)c1Cl. The first kappa shape index (κ1) is 15.1. The van der Waals surface area contributed by atoms with E-state index in [1.54, 1.807) is 6.07 Å². The summed E-state index contributed by atoms with van der Waals surface area (Å²) in [5.41, 5.74) is 0.719. The molecule has 0 spiro atoms. The van der Waals surface area contributed by atoms with Gasteiger partial charge in [-0.1, -0.05) is 48.9 Å². The lowest BCUT2D eigenvalue weighted by molar-refractivity contribution is 0.0682. The monoisotopic (exact) mass is 326 g/mol. The normalized spacial score (nSPS) is 28.2. The van der Waals surface area contributed by atoms with Gasteiger partial charge in [0, 0.05) is 12.7 Å². The summed E-state index contributed by atoms with van der Waals surface area (Å²) in [6, 6.07) is 1.62. The molecule has 2 fully saturated rings. The van der Waals surface area contributed by atoms with Crippen LogP contribution in [0.1, 0.15) is 55.3 Å². The molecule has 114 valence electrons. The van der Waals surface area contributed by atoms with E-state index in [0.29, 0.717) is 11.0 Å². The molecule has 1 heterocycles. The summed E-state index contributed by atoms with van der Waals surface area (Å²) in [5, 5.41) is 3.49. The maximum absolute atomic E-state index is 12.3. The van der Waals surface area contributed by atoms with Crippen molar-refractivity contribution in [1.29, 1.82) is 0 Å². The number of aromatic nitrogens is 1. The number of hydrogen-bond acceptors (Lipinski definition) is 2. The number of nitrogens with one attached hydrogen (secondary N) is 1. The van der Waals surface area contributed by atoms with Crippen molar-refractivity contribution in [3.05, 3.63) is 28.0 Å². The Kier molecular flexibility index (Phi) is 4.41. The first-order chi connectivity index (χ1) is 10.1. The summed E-state index contributed by atoms with van der Waals surface area (Å²) in [6.07, 6.45) is 10.5. The van der Waals surface area contributed by atoms with Crippen molar-refractivity contribution in [3.63, 3.8) is 0 Å². The predicted molar refractivity (Wildman–Crippen MR) is 84.8 cm³/mol. The van der Waals surface area contributed by atoms with Crippen LogP contribution in [0.5, 0.6) is 0 Å². The number of halogens is 2. The van der Waals surface area contributed by atoms with Gasteiger partial charge < -0.3 is 5.32 Å². The lowest BCUT2D eigenvalue weighted by atomic mass is 9.62. The molecule has 0 atom stereocenters. The topological polar surface area (TPSA) is 42.0 Å². The van der Waals surface area contributed by atoms with Crippen LogP contribution in [0.2, 0.25) is 10.2 Å². The zero-order valence-corrected chi connectivity index (χ0v) is 13.5. The lowest BCUT2D eigenvalue weighted by Gasteiger charge is -2.45. The van der Waals surface area contributed by atoms with Gasteiger partial charge >= 0.3 is 0 Å². The third-order valence-electron chi connectivity index (χ3n) is 5.08. The van der Waals surface area contributed by atoms with Crippen molar-refractivity contribution in [3.8, 4) is 0 Å². The average molecular weight is 327 g/mol. The van der Waals surface area contributed by atoms with Crippen molar-refractivity contribution in [2.24, 2.45) is 11.3 Å². The van der Waals surface area contributed by atoms with Gasteiger partial charge in [-0.15, -0.1) is 0 Å². The largest absolute Gasteiger partial charge is 0.351 e. The van der Waals surface area contributed by atoms with Crippen LogP contribution >= 0.6 is 23.2 Å². The minimum Gasteiger partial charge on any atom is -0.351 e. The summed E-state index contributed by atoms with van der Waals surface area (Å²) >= 11 is 11.9. The van der Waals surface area contributed by atoms with Crippen LogP contribution in [-0.2, 0) is 0 Å². The van der Waals surface area contributed by atoms with Crippen LogP contribution in [-0.4, -0.2) is 17.4 Å². The molecule has 5 heteroatoms. The number of carbonyl (C=O) groups is 1. The Morgan fingerprint density at radius 1 is 1.33 bits per heavy atom. The highest BCUT2D eigenvalue weighted by Gasteiger charge is 2.39. The van der Waals surface area contributed by atoms with Crippen molar-refractivity contribution < 1.29 is 4.79 Å². The molecule has 21 heavy (non-hydrogen) atoms. The number of pyridine rings is 1. The quantitative estimate of drug-likeness (QED) is 0.832. The maximum Gasteiger partial charge on any atom is 0.252 e. The number of fused-ring (bicyclic) bond motifs is 2. The van der Waals surface area contributed by atoms with E-state index in [9.17, 15) is 4.79 Å². The van der Waals surface area contributed by atoms with Crippen LogP contribution in [0.4, 0.5) is 0 Å². The van der Waals surface area contributed by atoms with Crippen LogP contribution in [0.25, 0.3) is 0 Å². The van der Waals surface area contributed by atoms with E-state index in [1.807, 2.05) is 0 Å². The Hall–Kier alpha value is -0.800. The summed E-state index contributed by atoms with van der Waals surface area (Å²) < 4.78 is 0. The van der Waals surface area contributed by atoms with Crippen LogP contribution in [0.15, 0.2) is 12.3 Å². The van der Waals surface area contributed by atoms with Crippen molar-refractivity contribution in [2.45, 2.75) is 44.9 Å². The highest BCUT2D eigenvalue weighted by molar-refractivity contribution is 6.43. The molecule has 2 aliphatic carbocycles. The molecular weight excluding hydrogens is 307 g/mol. The Morgan fingerprint density at radius 2 is 2.05 bits per heavy atom. The Bertz CT molecular complexity index is 537. The Morgan fingerprint density at radius 3 is 2.76 bits per heavy atom. The van der Waals surface area contributed by atoms with E-state index in [2.05, 4.69) is 10.3 Å². The predicted octanol–water partition coefficient (Wildman–Crippen LogP) is 4.48. The molecule has 0 unspecified atom stereocenters. The fourth-order valence-corrected chi connectivity index (χ4v) is 4.38. The second kappa shape index (κ2) is 6.13. The summed E-state index contributed by atoms with van der Waals surface area (Å²) in [6.45, 7) is 0.749. The van der Waals surface area contributed by atoms with Gasteiger partial charge in [-0.2, -0.15) is 0 Å². The maximum atomic E-state index is 12.3. The van der Waals surface area contributed by atoms with E-state index >= 15 is 0 Å². The fraction of sp³-hybridized carbons (Fsp3) is 0.625. The van der Waals surface area contributed by atoms with Gasteiger partial charge in [-0.05, 0) is 36.7 Å². The third kappa shape index (κ3) is 3.19.